The molecule has 92 valence electrons. The van der Waals surface area contributed by atoms with Crippen LogP contribution in [-0.4, -0.2) is 39.1 Å². The number of aromatic nitrogens is 3. The Balaban J connectivity index is 1.83. The molecule has 1 amide bonds. The van der Waals surface area contributed by atoms with Crippen molar-refractivity contribution in [3.05, 3.63) is 36.3 Å². The molecule has 0 radical (unpaired) electrons. The summed E-state index contributed by atoms with van der Waals surface area (Å²) in [5.41, 5.74) is 2.22. The summed E-state index contributed by atoms with van der Waals surface area (Å²) >= 11 is 0. The lowest BCUT2D eigenvalue weighted by molar-refractivity contribution is 0.0787. The molecule has 0 atom stereocenters. The van der Waals surface area contributed by atoms with E-state index in [-0.39, 0.29) is 5.91 Å². The first-order valence-corrected chi connectivity index (χ1v) is 6.10. The first-order chi connectivity index (χ1) is 8.84. The molecule has 0 aliphatic carbocycles. The molecule has 1 aliphatic rings. The molecule has 1 saturated heterocycles. The van der Waals surface area contributed by atoms with Gasteiger partial charge in [0.25, 0.3) is 5.91 Å². The molecule has 2 aromatic rings. The number of amides is 1. The molecular formula is C13H14N4O. The highest BCUT2D eigenvalue weighted by Gasteiger charge is 2.21. The van der Waals surface area contributed by atoms with Gasteiger partial charge in [0.15, 0.2) is 0 Å². The maximum absolute atomic E-state index is 12.1. The second kappa shape index (κ2) is 4.60. The molecule has 1 fully saturated rings. The standard InChI is InChI=1S/C13H14N4O/c18-13(17-6-1-2-7-17)12-8-11(15-16-12)10-4-3-5-14-9-10/h3-5,8-9H,1-2,6-7H2,(H,15,16). The molecule has 0 unspecified atom stereocenters. The molecule has 0 bridgehead atoms. The number of rotatable bonds is 2. The zero-order chi connectivity index (χ0) is 12.4. The fourth-order valence-corrected chi connectivity index (χ4v) is 2.18. The van der Waals surface area contributed by atoms with Crippen LogP contribution in [0.1, 0.15) is 23.3 Å². The van der Waals surface area contributed by atoms with Gasteiger partial charge in [0.1, 0.15) is 5.69 Å². The Hall–Kier alpha value is -2.17. The highest BCUT2D eigenvalue weighted by molar-refractivity contribution is 5.93. The number of hydrogen-bond acceptors (Lipinski definition) is 3. The first-order valence-electron chi connectivity index (χ1n) is 6.10. The van der Waals surface area contributed by atoms with Crippen molar-refractivity contribution in [2.24, 2.45) is 0 Å². The quantitative estimate of drug-likeness (QED) is 0.872. The van der Waals surface area contributed by atoms with E-state index in [4.69, 9.17) is 0 Å². The van der Waals surface area contributed by atoms with E-state index >= 15 is 0 Å². The molecule has 2 aromatic heterocycles. The van der Waals surface area contributed by atoms with Crippen molar-refractivity contribution in [1.29, 1.82) is 0 Å². The average Bonchev–Trinajstić information content (AvgIpc) is 3.10. The minimum absolute atomic E-state index is 0.0372. The van der Waals surface area contributed by atoms with Gasteiger partial charge in [-0.05, 0) is 31.0 Å². The monoisotopic (exact) mass is 242 g/mol. The molecular weight excluding hydrogens is 228 g/mol. The maximum atomic E-state index is 12.1. The zero-order valence-corrected chi connectivity index (χ0v) is 9.97. The normalized spacial score (nSPS) is 15.0. The minimum Gasteiger partial charge on any atom is -0.337 e. The Morgan fingerprint density at radius 3 is 2.89 bits per heavy atom. The number of hydrogen-bond donors (Lipinski definition) is 1. The van der Waals surface area contributed by atoms with Gasteiger partial charge in [0.05, 0.1) is 5.69 Å². The van der Waals surface area contributed by atoms with Crippen molar-refractivity contribution >= 4 is 5.91 Å². The Kier molecular flexibility index (Phi) is 2.80. The summed E-state index contributed by atoms with van der Waals surface area (Å²) in [4.78, 5) is 18.0. The van der Waals surface area contributed by atoms with E-state index in [2.05, 4.69) is 15.2 Å². The highest BCUT2D eigenvalue weighted by Crippen LogP contribution is 2.18. The summed E-state index contributed by atoms with van der Waals surface area (Å²) in [6, 6.07) is 5.57. The van der Waals surface area contributed by atoms with Gasteiger partial charge in [0.2, 0.25) is 0 Å². The fourth-order valence-electron chi connectivity index (χ4n) is 2.18. The summed E-state index contributed by atoms with van der Waals surface area (Å²) in [5.74, 6) is 0.0372. The number of likely N-dealkylation sites (tertiary alicyclic amines) is 1. The van der Waals surface area contributed by atoms with Crippen molar-refractivity contribution in [3.63, 3.8) is 0 Å². The molecule has 0 spiro atoms. The predicted octanol–water partition coefficient (Wildman–Crippen LogP) is 1.71. The van der Waals surface area contributed by atoms with Crippen LogP contribution in [0.4, 0.5) is 0 Å². The van der Waals surface area contributed by atoms with Crippen LogP contribution in [0.15, 0.2) is 30.6 Å². The maximum Gasteiger partial charge on any atom is 0.271 e. The van der Waals surface area contributed by atoms with Gasteiger partial charge >= 0.3 is 0 Å². The number of nitrogens with zero attached hydrogens (tertiary/aromatic N) is 3. The summed E-state index contributed by atoms with van der Waals surface area (Å²) in [7, 11) is 0. The van der Waals surface area contributed by atoms with E-state index in [0.717, 1.165) is 37.2 Å². The lowest BCUT2D eigenvalue weighted by Gasteiger charge is -2.12. The van der Waals surface area contributed by atoms with Crippen LogP contribution in [0.3, 0.4) is 0 Å². The summed E-state index contributed by atoms with van der Waals surface area (Å²) in [5, 5.41) is 6.98. The minimum atomic E-state index is 0.0372. The van der Waals surface area contributed by atoms with Crippen molar-refractivity contribution in [2.75, 3.05) is 13.1 Å². The molecule has 0 saturated carbocycles. The molecule has 3 heterocycles. The van der Waals surface area contributed by atoms with Crippen LogP contribution in [0.5, 0.6) is 0 Å². The van der Waals surface area contributed by atoms with E-state index in [1.54, 1.807) is 18.5 Å². The lowest BCUT2D eigenvalue weighted by atomic mass is 10.2. The number of carbonyl (C=O) groups is 1. The van der Waals surface area contributed by atoms with Crippen LogP contribution >= 0.6 is 0 Å². The van der Waals surface area contributed by atoms with E-state index in [1.807, 2.05) is 17.0 Å². The summed E-state index contributed by atoms with van der Waals surface area (Å²) in [6.45, 7) is 1.69. The lowest BCUT2D eigenvalue weighted by Crippen LogP contribution is -2.27. The topological polar surface area (TPSA) is 61.9 Å². The number of nitrogens with one attached hydrogen (secondary N) is 1. The van der Waals surface area contributed by atoms with Crippen molar-refractivity contribution in [1.82, 2.24) is 20.1 Å². The van der Waals surface area contributed by atoms with Crippen LogP contribution < -0.4 is 0 Å². The average molecular weight is 242 g/mol. The van der Waals surface area contributed by atoms with Gasteiger partial charge in [-0.2, -0.15) is 5.10 Å². The van der Waals surface area contributed by atoms with Gasteiger partial charge in [0, 0.05) is 31.0 Å². The van der Waals surface area contributed by atoms with Gasteiger partial charge in [-0.25, -0.2) is 0 Å². The Morgan fingerprint density at radius 1 is 1.33 bits per heavy atom. The molecule has 5 heteroatoms. The van der Waals surface area contributed by atoms with E-state index in [9.17, 15) is 4.79 Å². The van der Waals surface area contributed by atoms with Crippen LogP contribution in [-0.2, 0) is 0 Å². The molecule has 1 aliphatic heterocycles. The third kappa shape index (κ3) is 1.99. The fraction of sp³-hybridized carbons (Fsp3) is 0.308. The smallest absolute Gasteiger partial charge is 0.271 e. The van der Waals surface area contributed by atoms with Crippen LogP contribution in [0.25, 0.3) is 11.3 Å². The van der Waals surface area contributed by atoms with Crippen molar-refractivity contribution in [2.45, 2.75) is 12.8 Å². The zero-order valence-electron chi connectivity index (χ0n) is 9.97. The van der Waals surface area contributed by atoms with Gasteiger partial charge in [-0.15, -0.1) is 0 Å². The third-order valence-corrected chi connectivity index (χ3v) is 3.16. The number of aromatic amines is 1. The number of pyridine rings is 1. The first kappa shape index (κ1) is 11.0. The highest BCUT2D eigenvalue weighted by atomic mass is 16.2. The largest absolute Gasteiger partial charge is 0.337 e. The Labute approximate surface area is 105 Å². The van der Waals surface area contributed by atoms with Crippen LogP contribution in [0.2, 0.25) is 0 Å². The van der Waals surface area contributed by atoms with Gasteiger partial charge < -0.3 is 4.90 Å². The van der Waals surface area contributed by atoms with Gasteiger partial charge in [-0.1, -0.05) is 0 Å². The number of H-pyrrole nitrogens is 1. The van der Waals surface area contributed by atoms with Gasteiger partial charge in [-0.3, -0.25) is 14.9 Å². The van der Waals surface area contributed by atoms with E-state index in [1.165, 1.54) is 0 Å². The molecule has 3 rings (SSSR count). The van der Waals surface area contributed by atoms with E-state index < -0.39 is 0 Å². The molecule has 1 N–H and O–H groups in total. The predicted molar refractivity (Wildman–Crippen MR) is 67.0 cm³/mol. The summed E-state index contributed by atoms with van der Waals surface area (Å²) in [6.07, 6.45) is 5.64. The van der Waals surface area contributed by atoms with Crippen molar-refractivity contribution in [3.8, 4) is 11.3 Å². The van der Waals surface area contributed by atoms with Crippen LogP contribution in [0, 0.1) is 0 Å². The van der Waals surface area contributed by atoms with Crippen molar-refractivity contribution < 1.29 is 4.79 Å². The Bertz CT molecular complexity index is 543. The second-order valence-corrected chi connectivity index (χ2v) is 4.41. The number of carbonyl (C=O) groups excluding carboxylic acids is 1. The third-order valence-electron chi connectivity index (χ3n) is 3.16. The summed E-state index contributed by atoms with van der Waals surface area (Å²) < 4.78 is 0. The second-order valence-electron chi connectivity index (χ2n) is 4.41. The molecule has 18 heavy (non-hydrogen) atoms. The molecule has 0 aromatic carbocycles. The SMILES string of the molecule is O=C(c1cc(-c2cccnc2)n[nH]1)N1CCCC1. The van der Waals surface area contributed by atoms with E-state index in [0.29, 0.717) is 5.69 Å². The Morgan fingerprint density at radius 2 is 2.17 bits per heavy atom. The molecule has 5 nitrogen and oxygen atoms in total.